The third kappa shape index (κ3) is 6.78. The summed E-state index contributed by atoms with van der Waals surface area (Å²) < 4.78 is 0. The summed E-state index contributed by atoms with van der Waals surface area (Å²) in [5.74, 6) is -0.123. The number of nitrogen functional groups attached to an aromatic ring is 1. The van der Waals surface area contributed by atoms with E-state index in [4.69, 9.17) is 17.3 Å². The van der Waals surface area contributed by atoms with E-state index in [-0.39, 0.29) is 24.0 Å². The van der Waals surface area contributed by atoms with Gasteiger partial charge in [0.2, 0.25) is 5.91 Å². The predicted octanol–water partition coefficient (Wildman–Crippen LogP) is 4.11. The molecular formula is C33H39ClN8O3. The number of nitrogens with two attached hydrogens (primary N) is 1. The molecule has 2 fully saturated rings. The molecular weight excluding hydrogens is 592 g/mol. The SMILES string of the molecule is Cc1cc(C[C@@H](NC(=O)N2CCC(N3Cc4ccccc4NC3=O)CC2)C(=O)N2CCN(c3ccncc3)CC2)cc(Cl)c1N. The molecule has 12 heteroatoms. The molecule has 5 amide bonds. The van der Waals surface area contributed by atoms with E-state index in [1.54, 1.807) is 23.4 Å². The van der Waals surface area contributed by atoms with Crippen molar-refractivity contribution in [1.29, 1.82) is 0 Å². The third-order valence-corrected chi connectivity index (χ3v) is 9.42. The lowest BCUT2D eigenvalue weighted by Crippen LogP contribution is -2.58. The molecule has 1 atom stereocenters. The van der Waals surface area contributed by atoms with Crippen molar-refractivity contribution in [3.05, 3.63) is 82.6 Å². The van der Waals surface area contributed by atoms with Crippen molar-refractivity contribution < 1.29 is 14.4 Å². The van der Waals surface area contributed by atoms with E-state index in [1.165, 1.54) is 0 Å². The number of aromatic nitrogens is 1. The molecule has 2 aromatic carbocycles. The maximum Gasteiger partial charge on any atom is 0.322 e. The number of fused-ring (bicyclic) bond motifs is 1. The summed E-state index contributed by atoms with van der Waals surface area (Å²) in [6.07, 6.45) is 5.14. The molecule has 3 aliphatic rings. The van der Waals surface area contributed by atoms with Crippen LogP contribution in [0.4, 0.5) is 26.7 Å². The van der Waals surface area contributed by atoms with Crippen LogP contribution in [0.25, 0.3) is 0 Å². The molecule has 6 rings (SSSR count). The van der Waals surface area contributed by atoms with Crippen molar-refractivity contribution in [2.75, 3.05) is 55.2 Å². The Labute approximate surface area is 268 Å². The molecule has 236 valence electrons. The number of amides is 5. The molecule has 11 nitrogen and oxygen atoms in total. The van der Waals surface area contributed by atoms with E-state index in [1.807, 2.05) is 59.2 Å². The van der Waals surface area contributed by atoms with Crippen molar-refractivity contribution in [2.24, 2.45) is 0 Å². The molecule has 0 unspecified atom stereocenters. The molecule has 3 aromatic rings. The predicted molar refractivity (Wildman–Crippen MR) is 175 cm³/mol. The lowest BCUT2D eigenvalue weighted by Gasteiger charge is -2.41. The second-order valence-corrected chi connectivity index (χ2v) is 12.4. The van der Waals surface area contributed by atoms with Gasteiger partial charge in [0.25, 0.3) is 0 Å². The smallest absolute Gasteiger partial charge is 0.322 e. The minimum Gasteiger partial charge on any atom is -0.397 e. The average molecular weight is 631 g/mol. The molecule has 0 radical (unpaired) electrons. The van der Waals surface area contributed by atoms with Gasteiger partial charge in [0.1, 0.15) is 6.04 Å². The molecule has 0 spiro atoms. The van der Waals surface area contributed by atoms with Crippen LogP contribution in [-0.2, 0) is 17.8 Å². The number of piperidine rings is 1. The zero-order chi connectivity index (χ0) is 31.5. The lowest BCUT2D eigenvalue weighted by atomic mass is 10.0. The largest absolute Gasteiger partial charge is 0.397 e. The van der Waals surface area contributed by atoms with Gasteiger partial charge in [-0.1, -0.05) is 35.9 Å². The highest BCUT2D eigenvalue weighted by atomic mass is 35.5. The number of halogens is 1. The number of carbonyl (C=O) groups is 3. The molecule has 1 aromatic heterocycles. The van der Waals surface area contributed by atoms with E-state index in [9.17, 15) is 14.4 Å². The van der Waals surface area contributed by atoms with Gasteiger partial charge in [0, 0.05) is 82.0 Å². The zero-order valence-corrected chi connectivity index (χ0v) is 26.2. The van der Waals surface area contributed by atoms with Crippen LogP contribution in [0.15, 0.2) is 60.9 Å². The Morgan fingerprint density at radius 1 is 1.02 bits per heavy atom. The van der Waals surface area contributed by atoms with Gasteiger partial charge in [-0.05, 0) is 60.7 Å². The fourth-order valence-electron chi connectivity index (χ4n) is 6.48. The summed E-state index contributed by atoms with van der Waals surface area (Å²) >= 11 is 6.39. The first kappa shape index (κ1) is 30.5. The van der Waals surface area contributed by atoms with Crippen LogP contribution < -0.4 is 21.3 Å². The molecule has 3 aliphatic heterocycles. The number of rotatable bonds is 6. The average Bonchev–Trinajstić information content (AvgIpc) is 3.06. The number of hydrogen-bond donors (Lipinski definition) is 3. The molecule has 0 bridgehead atoms. The van der Waals surface area contributed by atoms with E-state index >= 15 is 0 Å². The molecule has 0 saturated carbocycles. The van der Waals surface area contributed by atoms with Crippen LogP contribution >= 0.6 is 11.6 Å². The minimum absolute atomic E-state index is 0.0245. The van der Waals surface area contributed by atoms with E-state index in [2.05, 4.69) is 20.5 Å². The van der Waals surface area contributed by atoms with E-state index in [0.29, 0.717) is 75.8 Å². The van der Waals surface area contributed by atoms with Gasteiger partial charge in [-0.15, -0.1) is 0 Å². The Kier molecular flexibility index (Phi) is 8.97. The van der Waals surface area contributed by atoms with Crippen LogP contribution in [0, 0.1) is 6.92 Å². The van der Waals surface area contributed by atoms with E-state index in [0.717, 1.165) is 28.1 Å². The third-order valence-electron chi connectivity index (χ3n) is 9.10. The number of nitrogens with zero attached hydrogens (tertiary/aromatic N) is 5. The number of para-hydroxylation sites is 1. The zero-order valence-electron chi connectivity index (χ0n) is 25.4. The maximum atomic E-state index is 14.0. The van der Waals surface area contributed by atoms with Gasteiger partial charge >= 0.3 is 12.1 Å². The topological polar surface area (TPSA) is 127 Å². The Morgan fingerprint density at radius 2 is 1.73 bits per heavy atom. The summed E-state index contributed by atoms with van der Waals surface area (Å²) in [6.45, 7) is 5.86. The van der Waals surface area contributed by atoms with Crippen LogP contribution in [0.3, 0.4) is 0 Å². The summed E-state index contributed by atoms with van der Waals surface area (Å²) in [5.41, 5.74) is 11.2. The first-order valence-electron chi connectivity index (χ1n) is 15.5. The summed E-state index contributed by atoms with van der Waals surface area (Å²) in [4.78, 5) is 52.2. The van der Waals surface area contributed by atoms with Crippen LogP contribution in [0.2, 0.25) is 5.02 Å². The van der Waals surface area contributed by atoms with Crippen LogP contribution in [0.1, 0.15) is 29.5 Å². The molecule has 2 saturated heterocycles. The Bertz CT molecular complexity index is 1530. The van der Waals surface area contributed by atoms with Gasteiger partial charge in [-0.2, -0.15) is 0 Å². The standard InChI is InChI=1S/C33H39ClN8O3/c1-22-18-23(19-27(34)30(22)35)20-29(31(43)40-16-14-39(15-17-40)25-6-10-36-11-7-25)38-32(44)41-12-8-26(9-13-41)42-21-24-4-2-3-5-28(24)37-33(42)45/h2-7,10-11,18-19,26,29H,8-9,12-17,20-21,35H2,1H3,(H,37,45)(H,38,44)/t29-/m1/s1. The summed E-state index contributed by atoms with van der Waals surface area (Å²) in [7, 11) is 0. The summed E-state index contributed by atoms with van der Waals surface area (Å²) in [6, 6.07) is 14.3. The highest BCUT2D eigenvalue weighted by Crippen LogP contribution is 2.28. The van der Waals surface area contributed by atoms with Crippen LogP contribution in [-0.4, -0.2) is 89.0 Å². The second-order valence-electron chi connectivity index (χ2n) is 12.0. The number of nitrogens with one attached hydrogen (secondary N) is 2. The fraction of sp³-hybridized carbons (Fsp3) is 0.394. The van der Waals surface area contributed by atoms with Crippen molar-refractivity contribution in [3.63, 3.8) is 0 Å². The summed E-state index contributed by atoms with van der Waals surface area (Å²) in [5, 5.41) is 6.47. The van der Waals surface area contributed by atoms with Gasteiger partial charge in [-0.25, -0.2) is 9.59 Å². The Balaban J connectivity index is 1.11. The lowest BCUT2D eigenvalue weighted by molar-refractivity contribution is -0.133. The number of benzene rings is 2. The quantitative estimate of drug-likeness (QED) is 0.352. The maximum absolute atomic E-state index is 14.0. The van der Waals surface area contributed by atoms with Crippen molar-refractivity contribution >= 4 is 46.6 Å². The van der Waals surface area contributed by atoms with Crippen molar-refractivity contribution in [2.45, 2.75) is 44.8 Å². The second kappa shape index (κ2) is 13.2. The Hall–Kier alpha value is -4.51. The fourth-order valence-corrected chi connectivity index (χ4v) is 6.77. The number of urea groups is 2. The molecule has 4 heterocycles. The van der Waals surface area contributed by atoms with E-state index < -0.39 is 6.04 Å². The number of pyridine rings is 1. The first-order chi connectivity index (χ1) is 21.8. The number of anilines is 3. The molecule has 0 aliphatic carbocycles. The number of carbonyl (C=O) groups excluding carboxylic acids is 3. The number of hydrogen-bond acceptors (Lipinski definition) is 6. The number of aryl methyl sites for hydroxylation is 1. The van der Waals surface area contributed by atoms with Gasteiger partial charge in [-0.3, -0.25) is 9.78 Å². The van der Waals surface area contributed by atoms with Gasteiger partial charge in [0.15, 0.2) is 0 Å². The van der Waals surface area contributed by atoms with Crippen molar-refractivity contribution in [1.82, 2.24) is 25.0 Å². The molecule has 4 N–H and O–H groups in total. The van der Waals surface area contributed by atoms with Crippen molar-refractivity contribution in [3.8, 4) is 0 Å². The number of piperazine rings is 1. The highest BCUT2D eigenvalue weighted by Gasteiger charge is 2.35. The first-order valence-corrected chi connectivity index (χ1v) is 15.8. The minimum atomic E-state index is -0.772. The number of likely N-dealkylation sites (tertiary alicyclic amines) is 1. The Morgan fingerprint density at radius 3 is 2.44 bits per heavy atom. The highest BCUT2D eigenvalue weighted by molar-refractivity contribution is 6.33. The monoisotopic (exact) mass is 630 g/mol. The van der Waals surface area contributed by atoms with Gasteiger partial charge < -0.3 is 36.0 Å². The van der Waals surface area contributed by atoms with Crippen LogP contribution in [0.5, 0.6) is 0 Å². The normalized spacial score (nSPS) is 17.9. The molecule has 45 heavy (non-hydrogen) atoms. The van der Waals surface area contributed by atoms with Gasteiger partial charge in [0.05, 0.1) is 10.7 Å².